The molecule has 4 N–H and O–H groups in total. The van der Waals surface area contributed by atoms with Gasteiger partial charge in [0.1, 0.15) is 11.5 Å². The van der Waals surface area contributed by atoms with Crippen molar-refractivity contribution in [3.05, 3.63) is 46.9 Å². The summed E-state index contributed by atoms with van der Waals surface area (Å²) in [5, 5.41) is 38.7. The molecule has 0 spiro atoms. The van der Waals surface area contributed by atoms with Gasteiger partial charge in [0.25, 0.3) is 0 Å². The Morgan fingerprint density at radius 2 is 1.86 bits per heavy atom. The highest BCUT2D eigenvalue weighted by molar-refractivity contribution is 5.42. The minimum atomic E-state index is -0.371. The van der Waals surface area contributed by atoms with Gasteiger partial charge in [0, 0.05) is 17.6 Å². The number of ether oxygens (including phenoxy) is 1. The first-order valence-electron chi connectivity index (χ1n) is 6.97. The number of aliphatic hydroxyl groups excluding tert-OH is 2. The van der Waals surface area contributed by atoms with E-state index in [1.54, 1.807) is 6.07 Å². The Balaban J connectivity index is 1.87. The number of aliphatic hydroxyl groups is 2. The molecule has 1 aliphatic carbocycles. The smallest absolute Gasteiger partial charge is 0.157 e. The molecule has 21 heavy (non-hydrogen) atoms. The van der Waals surface area contributed by atoms with Crippen molar-refractivity contribution in [2.45, 2.75) is 32.0 Å². The van der Waals surface area contributed by atoms with Crippen LogP contribution in [0.2, 0.25) is 0 Å². The third kappa shape index (κ3) is 2.34. The van der Waals surface area contributed by atoms with Gasteiger partial charge in [-0.1, -0.05) is 13.0 Å². The van der Waals surface area contributed by atoms with Crippen LogP contribution in [0, 0.1) is 5.92 Å². The van der Waals surface area contributed by atoms with Crippen LogP contribution >= 0.6 is 0 Å². The van der Waals surface area contributed by atoms with Gasteiger partial charge in [-0.3, -0.25) is 0 Å². The molecule has 1 fully saturated rings. The molecule has 1 saturated heterocycles. The topological polar surface area (TPSA) is 90.2 Å². The molecule has 1 unspecified atom stereocenters. The predicted molar refractivity (Wildman–Crippen MR) is 76.2 cm³/mol. The second-order valence-electron chi connectivity index (χ2n) is 5.60. The molecule has 2 aliphatic rings. The molecular weight excluding hydrogens is 272 g/mol. The minimum Gasteiger partial charge on any atom is -0.512 e. The first-order chi connectivity index (χ1) is 9.97. The van der Waals surface area contributed by atoms with Gasteiger partial charge in [-0.15, -0.1) is 0 Å². The maximum atomic E-state index is 9.92. The Bertz CT molecular complexity index is 632. The first-order valence-corrected chi connectivity index (χ1v) is 6.97. The maximum absolute atomic E-state index is 9.92. The minimum absolute atomic E-state index is 0.0857. The molecule has 1 aromatic carbocycles. The molecule has 0 bridgehead atoms. The summed E-state index contributed by atoms with van der Waals surface area (Å²) >= 11 is 0. The standard InChI is InChI=1S/C16H18O5/c1-8-12(18)7-13(19)10-3-5-15(21-16(8)10)9-2-4-11(17)14(20)6-9/h2,4,6-8,15-20H,3,5H2,1H3/t8-,15-,16?/m1/s1. The maximum Gasteiger partial charge on any atom is 0.157 e. The average molecular weight is 290 g/mol. The lowest BCUT2D eigenvalue weighted by atomic mass is 9.83. The summed E-state index contributed by atoms with van der Waals surface area (Å²) in [7, 11) is 0. The zero-order valence-corrected chi connectivity index (χ0v) is 11.7. The summed E-state index contributed by atoms with van der Waals surface area (Å²) < 4.78 is 6.01. The molecule has 5 nitrogen and oxygen atoms in total. The van der Waals surface area contributed by atoms with Crippen LogP contribution in [0.3, 0.4) is 0 Å². The monoisotopic (exact) mass is 290 g/mol. The van der Waals surface area contributed by atoms with E-state index in [1.807, 2.05) is 6.92 Å². The Morgan fingerprint density at radius 3 is 2.57 bits per heavy atom. The summed E-state index contributed by atoms with van der Waals surface area (Å²) in [6.07, 6.45) is 2.10. The summed E-state index contributed by atoms with van der Waals surface area (Å²) in [5.41, 5.74) is 1.57. The van der Waals surface area contributed by atoms with Crippen molar-refractivity contribution in [2.75, 3.05) is 0 Å². The van der Waals surface area contributed by atoms with Crippen molar-refractivity contribution >= 4 is 0 Å². The third-order valence-electron chi connectivity index (χ3n) is 4.24. The number of phenolic OH excluding ortho intramolecular Hbond substituents is 2. The average Bonchev–Trinajstić information content (AvgIpc) is 2.47. The van der Waals surface area contributed by atoms with Crippen LogP contribution in [0.25, 0.3) is 0 Å². The van der Waals surface area contributed by atoms with Gasteiger partial charge in [0.15, 0.2) is 11.5 Å². The number of benzene rings is 1. The molecule has 0 radical (unpaired) electrons. The van der Waals surface area contributed by atoms with Crippen molar-refractivity contribution < 1.29 is 25.2 Å². The van der Waals surface area contributed by atoms with Crippen LogP contribution < -0.4 is 0 Å². The van der Waals surface area contributed by atoms with Crippen molar-refractivity contribution in [1.29, 1.82) is 0 Å². The first kappa shape index (κ1) is 13.8. The molecule has 3 rings (SSSR count). The third-order valence-corrected chi connectivity index (χ3v) is 4.24. The number of aromatic hydroxyl groups is 2. The Kier molecular flexibility index (Phi) is 3.29. The summed E-state index contributed by atoms with van der Waals surface area (Å²) in [4.78, 5) is 0. The summed E-state index contributed by atoms with van der Waals surface area (Å²) in [6.45, 7) is 1.85. The molecule has 0 amide bonds. The number of rotatable bonds is 1. The molecule has 1 heterocycles. The number of phenols is 2. The number of hydrogen-bond acceptors (Lipinski definition) is 5. The van der Waals surface area contributed by atoms with Crippen molar-refractivity contribution in [1.82, 2.24) is 0 Å². The molecular formula is C16H18O5. The van der Waals surface area contributed by atoms with Gasteiger partial charge < -0.3 is 25.2 Å². The quantitative estimate of drug-likeness (QED) is 0.596. The fourth-order valence-corrected chi connectivity index (χ4v) is 2.95. The van der Waals surface area contributed by atoms with E-state index in [0.717, 1.165) is 11.1 Å². The van der Waals surface area contributed by atoms with E-state index in [1.165, 1.54) is 18.2 Å². The van der Waals surface area contributed by atoms with E-state index in [-0.39, 0.29) is 41.1 Å². The van der Waals surface area contributed by atoms with E-state index in [2.05, 4.69) is 0 Å². The van der Waals surface area contributed by atoms with Gasteiger partial charge in [-0.2, -0.15) is 0 Å². The van der Waals surface area contributed by atoms with Crippen molar-refractivity contribution in [3.8, 4) is 11.5 Å². The largest absolute Gasteiger partial charge is 0.512 e. The van der Waals surface area contributed by atoms with E-state index in [0.29, 0.717) is 12.8 Å². The van der Waals surface area contributed by atoms with Gasteiger partial charge in [0.2, 0.25) is 0 Å². The number of allylic oxidation sites excluding steroid dienone is 1. The lowest BCUT2D eigenvalue weighted by Gasteiger charge is -2.38. The lowest BCUT2D eigenvalue weighted by Crippen LogP contribution is -2.34. The highest BCUT2D eigenvalue weighted by atomic mass is 16.5. The Morgan fingerprint density at radius 1 is 1.10 bits per heavy atom. The SMILES string of the molecule is C[C@@H]1C(O)=CC(O)=C2CC[C@H](c3ccc(O)c(O)c3)OC21. The van der Waals surface area contributed by atoms with Crippen LogP contribution in [0.1, 0.15) is 31.4 Å². The van der Waals surface area contributed by atoms with Crippen molar-refractivity contribution in [3.63, 3.8) is 0 Å². The fraction of sp³-hybridized carbons (Fsp3) is 0.375. The highest BCUT2D eigenvalue weighted by Gasteiger charge is 2.37. The highest BCUT2D eigenvalue weighted by Crippen LogP contribution is 2.43. The van der Waals surface area contributed by atoms with Gasteiger partial charge in [0.05, 0.1) is 12.2 Å². The summed E-state index contributed by atoms with van der Waals surface area (Å²) in [5.74, 6) is -0.374. The molecule has 1 aromatic rings. The van der Waals surface area contributed by atoms with Crippen LogP contribution in [0.4, 0.5) is 0 Å². The van der Waals surface area contributed by atoms with E-state index in [4.69, 9.17) is 4.74 Å². The van der Waals surface area contributed by atoms with Gasteiger partial charge in [-0.05, 0) is 30.5 Å². The summed E-state index contributed by atoms with van der Waals surface area (Å²) in [6, 6.07) is 4.62. The van der Waals surface area contributed by atoms with E-state index < -0.39 is 0 Å². The molecule has 112 valence electrons. The Hall–Kier alpha value is -2.14. The zero-order valence-electron chi connectivity index (χ0n) is 11.7. The fourth-order valence-electron chi connectivity index (χ4n) is 2.95. The van der Waals surface area contributed by atoms with E-state index in [9.17, 15) is 20.4 Å². The number of hydrogen-bond donors (Lipinski definition) is 4. The molecule has 1 aliphatic heterocycles. The number of fused-ring (bicyclic) bond motifs is 1. The normalized spacial score (nSPS) is 29.0. The van der Waals surface area contributed by atoms with Crippen LogP contribution in [0.15, 0.2) is 41.4 Å². The van der Waals surface area contributed by atoms with Crippen LogP contribution in [0.5, 0.6) is 11.5 Å². The van der Waals surface area contributed by atoms with E-state index >= 15 is 0 Å². The zero-order chi connectivity index (χ0) is 15.1. The van der Waals surface area contributed by atoms with Crippen molar-refractivity contribution in [2.24, 2.45) is 5.92 Å². The van der Waals surface area contributed by atoms with Gasteiger partial charge >= 0.3 is 0 Å². The molecule has 5 heteroatoms. The van der Waals surface area contributed by atoms with Crippen LogP contribution in [-0.4, -0.2) is 26.5 Å². The lowest BCUT2D eigenvalue weighted by molar-refractivity contribution is -0.0491. The second kappa shape index (κ2) is 5.00. The molecule has 0 saturated carbocycles. The van der Waals surface area contributed by atoms with Gasteiger partial charge in [-0.25, -0.2) is 0 Å². The Labute approximate surface area is 122 Å². The van der Waals surface area contributed by atoms with Crippen LogP contribution in [-0.2, 0) is 4.74 Å². The molecule has 0 aromatic heterocycles. The predicted octanol–water partition coefficient (Wildman–Crippen LogP) is 3.22. The second-order valence-corrected chi connectivity index (χ2v) is 5.60. The molecule has 3 atom stereocenters.